The SMILES string of the molecule is CCC(C)c1ccc(NC(=S)Nc2cccc3ccccc23)cc1. The predicted octanol–water partition coefficient (Wildman–Crippen LogP) is 6.16. The molecule has 0 fully saturated rings. The van der Waals surface area contributed by atoms with Crippen LogP contribution in [0, 0.1) is 0 Å². The van der Waals surface area contributed by atoms with Crippen molar-refractivity contribution in [1.29, 1.82) is 0 Å². The predicted molar refractivity (Wildman–Crippen MR) is 109 cm³/mol. The molecule has 122 valence electrons. The number of anilines is 2. The van der Waals surface area contributed by atoms with Crippen LogP contribution in [0.1, 0.15) is 31.7 Å². The Balaban J connectivity index is 1.71. The maximum Gasteiger partial charge on any atom is 0.175 e. The first kappa shape index (κ1) is 16.5. The van der Waals surface area contributed by atoms with E-state index in [2.05, 4.69) is 66.9 Å². The Bertz CT molecular complexity index is 835. The van der Waals surface area contributed by atoms with Crippen LogP contribution in [0.15, 0.2) is 66.7 Å². The molecule has 0 heterocycles. The highest BCUT2D eigenvalue weighted by atomic mass is 32.1. The van der Waals surface area contributed by atoms with Crippen LogP contribution in [-0.2, 0) is 0 Å². The molecule has 0 aliphatic rings. The van der Waals surface area contributed by atoms with E-state index in [1.54, 1.807) is 0 Å². The lowest BCUT2D eigenvalue weighted by Gasteiger charge is -2.14. The van der Waals surface area contributed by atoms with E-state index >= 15 is 0 Å². The van der Waals surface area contributed by atoms with Crippen molar-refractivity contribution in [2.75, 3.05) is 10.6 Å². The molecule has 0 radical (unpaired) electrons. The molecule has 2 nitrogen and oxygen atoms in total. The van der Waals surface area contributed by atoms with Crippen LogP contribution in [-0.4, -0.2) is 5.11 Å². The summed E-state index contributed by atoms with van der Waals surface area (Å²) in [5.41, 5.74) is 3.37. The Hall–Kier alpha value is -2.39. The van der Waals surface area contributed by atoms with E-state index in [0.29, 0.717) is 11.0 Å². The van der Waals surface area contributed by atoms with Gasteiger partial charge < -0.3 is 10.6 Å². The van der Waals surface area contributed by atoms with Gasteiger partial charge in [0.05, 0.1) is 0 Å². The van der Waals surface area contributed by atoms with Gasteiger partial charge in [0.2, 0.25) is 0 Å². The molecule has 0 aliphatic carbocycles. The molecular formula is C21H22N2S. The fourth-order valence-corrected chi connectivity index (χ4v) is 2.98. The number of rotatable bonds is 4. The zero-order valence-corrected chi connectivity index (χ0v) is 14.9. The Kier molecular flexibility index (Phi) is 5.11. The van der Waals surface area contributed by atoms with Crippen molar-refractivity contribution in [3.8, 4) is 0 Å². The molecular weight excluding hydrogens is 312 g/mol. The molecule has 3 aromatic carbocycles. The van der Waals surface area contributed by atoms with Crippen molar-refractivity contribution in [3.63, 3.8) is 0 Å². The van der Waals surface area contributed by atoms with Crippen molar-refractivity contribution in [3.05, 3.63) is 72.3 Å². The van der Waals surface area contributed by atoms with Crippen LogP contribution in [0.25, 0.3) is 10.8 Å². The smallest absolute Gasteiger partial charge is 0.175 e. The summed E-state index contributed by atoms with van der Waals surface area (Å²) in [4.78, 5) is 0. The molecule has 24 heavy (non-hydrogen) atoms. The molecule has 3 aromatic rings. The summed E-state index contributed by atoms with van der Waals surface area (Å²) in [5, 5.41) is 9.52. The highest BCUT2D eigenvalue weighted by Gasteiger charge is 2.05. The summed E-state index contributed by atoms with van der Waals surface area (Å²) < 4.78 is 0. The zero-order chi connectivity index (χ0) is 16.9. The number of hydrogen-bond acceptors (Lipinski definition) is 1. The molecule has 0 saturated carbocycles. The van der Waals surface area contributed by atoms with Crippen LogP contribution < -0.4 is 10.6 Å². The molecule has 0 aromatic heterocycles. The average Bonchev–Trinajstić information content (AvgIpc) is 2.62. The molecule has 0 aliphatic heterocycles. The van der Waals surface area contributed by atoms with Crippen LogP contribution >= 0.6 is 12.2 Å². The summed E-state index contributed by atoms with van der Waals surface area (Å²) in [6.45, 7) is 4.45. The van der Waals surface area contributed by atoms with Crippen molar-refractivity contribution in [2.45, 2.75) is 26.2 Å². The van der Waals surface area contributed by atoms with Gasteiger partial charge in [-0.1, -0.05) is 62.4 Å². The maximum atomic E-state index is 5.47. The minimum Gasteiger partial charge on any atom is -0.332 e. The number of benzene rings is 3. The van der Waals surface area contributed by atoms with Crippen molar-refractivity contribution in [2.24, 2.45) is 0 Å². The molecule has 0 saturated heterocycles. The molecule has 1 unspecified atom stereocenters. The largest absolute Gasteiger partial charge is 0.332 e. The number of thiocarbonyl (C=S) groups is 1. The summed E-state index contributed by atoms with van der Waals surface area (Å²) >= 11 is 5.47. The Labute approximate surface area is 148 Å². The van der Waals surface area contributed by atoms with E-state index in [1.165, 1.54) is 10.9 Å². The molecule has 0 amide bonds. The third kappa shape index (κ3) is 3.74. The fraction of sp³-hybridized carbons (Fsp3) is 0.190. The van der Waals surface area contributed by atoms with Gasteiger partial charge in [0.15, 0.2) is 5.11 Å². The fourth-order valence-electron chi connectivity index (χ4n) is 2.75. The first-order valence-corrected chi connectivity index (χ1v) is 8.74. The number of fused-ring (bicyclic) bond motifs is 1. The van der Waals surface area contributed by atoms with Crippen LogP contribution in [0.4, 0.5) is 11.4 Å². The van der Waals surface area contributed by atoms with Gasteiger partial charge in [-0.15, -0.1) is 0 Å². The van der Waals surface area contributed by atoms with E-state index in [0.717, 1.165) is 23.2 Å². The lowest BCUT2D eigenvalue weighted by molar-refractivity contribution is 0.734. The molecule has 3 rings (SSSR count). The Morgan fingerprint density at radius 2 is 1.62 bits per heavy atom. The zero-order valence-electron chi connectivity index (χ0n) is 14.0. The summed E-state index contributed by atoms with van der Waals surface area (Å²) in [6.07, 6.45) is 1.15. The normalized spacial score (nSPS) is 11.9. The first-order chi connectivity index (χ1) is 11.7. The van der Waals surface area contributed by atoms with Gasteiger partial charge in [-0.2, -0.15) is 0 Å². The van der Waals surface area contributed by atoms with Crippen LogP contribution in [0.3, 0.4) is 0 Å². The number of nitrogens with one attached hydrogen (secondary N) is 2. The third-order valence-electron chi connectivity index (χ3n) is 4.39. The van der Waals surface area contributed by atoms with Crippen molar-refractivity contribution >= 4 is 39.5 Å². The maximum absolute atomic E-state index is 5.47. The van der Waals surface area contributed by atoms with Gasteiger partial charge in [-0.3, -0.25) is 0 Å². The van der Waals surface area contributed by atoms with Gasteiger partial charge in [-0.05, 0) is 53.7 Å². The van der Waals surface area contributed by atoms with E-state index in [9.17, 15) is 0 Å². The number of hydrogen-bond donors (Lipinski definition) is 2. The van der Waals surface area contributed by atoms with E-state index in [1.807, 2.05) is 24.3 Å². The van der Waals surface area contributed by atoms with E-state index in [4.69, 9.17) is 12.2 Å². The lowest BCUT2D eigenvalue weighted by Crippen LogP contribution is -2.19. The van der Waals surface area contributed by atoms with E-state index < -0.39 is 0 Å². The Morgan fingerprint density at radius 3 is 2.38 bits per heavy atom. The van der Waals surface area contributed by atoms with Crippen molar-refractivity contribution < 1.29 is 0 Å². The third-order valence-corrected chi connectivity index (χ3v) is 4.59. The second kappa shape index (κ2) is 7.45. The summed E-state index contributed by atoms with van der Waals surface area (Å²) in [7, 11) is 0. The highest BCUT2D eigenvalue weighted by Crippen LogP contribution is 2.24. The van der Waals surface area contributed by atoms with E-state index in [-0.39, 0.29) is 0 Å². The second-order valence-corrected chi connectivity index (χ2v) is 6.45. The standard InChI is InChI=1S/C21H22N2S/c1-3-15(2)16-11-13-18(14-12-16)22-21(24)23-20-10-6-8-17-7-4-5-9-19(17)20/h4-15H,3H2,1-2H3,(H2,22,23,24). The van der Waals surface area contributed by atoms with Crippen LogP contribution in [0.5, 0.6) is 0 Å². The minimum atomic E-state index is 0.583. The second-order valence-electron chi connectivity index (χ2n) is 6.04. The topological polar surface area (TPSA) is 24.1 Å². The molecule has 0 spiro atoms. The quantitative estimate of drug-likeness (QED) is 0.559. The average molecular weight is 334 g/mol. The molecule has 3 heteroatoms. The van der Waals surface area contributed by atoms with Gasteiger partial charge >= 0.3 is 0 Å². The van der Waals surface area contributed by atoms with Crippen LogP contribution in [0.2, 0.25) is 0 Å². The summed E-state index contributed by atoms with van der Waals surface area (Å²) in [5.74, 6) is 0.583. The monoisotopic (exact) mass is 334 g/mol. The minimum absolute atomic E-state index is 0.583. The summed E-state index contributed by atoms with van der Waals surface area (Å²) in [6, 6.07) is 23.0. The van der Waals surface area contributed by atoms with Crippen molar-refractivity contribution in [1.82, 2.24) is 0 Å². The highest BCUT2D eigenvalue weighted by molar-refractivity contribution is 7.80. The molecule has 2 N–H and O–H groups in total. The van der Waals surface area contributed by atoms with Gasteiger partial charge in [0.25, 0.3) is 0 Å². The lowest BCUT2D eigenvalue weighted by atomic mass is 9.99. The Morgan fingerprint density at radius 1 is 0.917 bits per heavy atom. The van der Waals surface area contributed by atoms with Gasteiger partial charge in [0, 0.05) is 16.8 Å². The van der Waals surface area contributed by atoms with Gasteiger partial charge in [-0.25, -0.2) is 0 Å². The van der Waals surface area contributed by atoms with Gasteiger partial charge in [0.1, 0.15) is 0 Å². The molecule has 1 atom stereocenters. The molecule has 0 bridgehead atoms. The first-order valence-electron chi connectivity index (χ1n) is 8.33.